The fourth-order valence-electron chi connectivity index (χ4n) is 3.83. The van der Waals surface area contributed by atoms with Crippen LogP contribution in [-0.2, 0) is 4.79 Å². The van der Waals surface area contributed by atoms with Gasteiger partial charge in [0.1, 0.15) is 0 Å². The van der Waals surface area contributed by atoms with Crippen molar-refractivity contribution in [3.63, 3.8) is 0 Å². The lowest BCUT2D eigenvalue weighted by Crippen LogP contribution is -2.28. The first kappa shape index (κ1) is 24.6. The molecule has 2 unspecified atom stereocenters. The number of aliphatic hydroxyl groups excluding tert-OH is 2. The van der Waals surface area contributed by atoms with Crippen molar-refractivity contribution in [2.75, 3.05) is 0 Å². The molecule has 0 spiro atoms. The number of carbonyl (C=O) groups is 1. The number of hydrogen-bond acceptors (Lipinski definition) is 3. The van der Waals surface area contributed by atoms with E-state index in [1.807, 2.05) is 18.2 Å². The minimum absolute atomic E-state index is 0.110. The first-order chi connectivity index (χ1) is 13.5. The highest BCUT2D eigenvalue weighted by molar-refractivity contribution is 5.66. The normalized spacial score (nSPS) is 22.1. The second-order valence-corrected chi connectivity index (χ2v) is 8.02. The maximum Gasteiger partial charge on any atom is 0.303 e. The fourth-order valence-corrected chi connectivity index (χ4v) is 3.83. The highest BCUT2D eigenvalue weighted by atomic mass is 16.4. The van der Waals surface area contributed by atoms with E-state index in [4.69, 9.17) is 5.11 Å². The van der Waals surface area contributed by atoms with Crippen LogP contribution in [0.2, 0.25) is 0 Å². The van der Waals surface area contributed by atoms with Gasteiger partial charge in [0.25, 0.3) is 0 Å². The molecule has 0 aromatic rings. The Balaban J connectivity index is 2.33. The molecular weight excluding hydrogens is 352 g/mol. The zero-order valence-electron chi connectivity index (χ0n) is 17.5. The Hall–Kier alpha value is -1.39. The molecule has 0 radical (unpaired) electrons. The quantitative estimate of drug-likeness (QED) is 0.198. The lowest BCUT2D eigenvalue weighted by Gasteiger charge is -2.30. The maximum atomic E-state index is 10.6. The third-order valence-electron chi connectivity index (χ3n) is 5.57. The summed E-state index contributed by atoms with van der Waals surface area (Å²) >= 11 is 0. The molecule has 0 saturated heterocycles. The molecule has 0 amide bonds. The average molecular weight is 393 g/mol. The number of carboxylic acids is 1. The zero-order valence-corrected chi connectivity index (χ0v) is 17.5. The van der Waals surface area contributed by atoms with Crippen LogP contribution in [-0.4, -0.2) is 33.5 Å². The van der Waals surface area contributed by atoms with Crippen LogP contribution in [0.3, 0.4) is 0 Å². The van der Waals surface area contributed by atoms with Crippen LogP contribution in [0.15, 0.2) is 36.5 Å². The second kappa shape index (κ2) is 15.5. The number of allylic oxidation sites excluding steroid dienone is 5. The van der Waals surface area contributed by atoms with Gasteiger partial charge >= 0.3 is 5.97 Å². The average Bonchev–Trinajstić information content (AvgIpc) is 2.68. The third-order valence-corrected chi connectivity index (χ3v) is 5.57. The molecule has 4 atom stereocenters. The molecular formula is C24H40O4. The zero-order chi connectivity index (χ0) is 20.6. The summed E-state index contributed by atoms with van der Waals surface area (Å²) in [7, 11) is 0. The van der Waals surface area contributed by atoms with Crippen molar-refractivity contribution in [3.8, 4) is 0 Å². The molecule has 0 aromatic carbocycles. The van der Waals surface area contributed by atoms with Gasteiger partial charge in [-0.2, -0.15) is 0 Å². The predicted molar refractivity (Wildman–Crippen MR) is 115 cm³/mol. The van der Waals surface area contributed by atoms with Gasteiger partial charge in [-0.15, -0.1) is 0 Å². The number of unbranched alkanes of at least 4 members (excludes halogenated alkanes) is 5. The first-order valence-electron chi connectivity index (χ1n) is 11.1. The lowest BCUT2D eigenvalue weighted by molar-refractivity contribution is -0.137. The van der Waals surface area contributed by atoms with Gasteiger partial charge in [-0.1, -0.05) is 81.9 Å². The standard InChI is InChI=1S/C24H40O4/c1-2-3-4-5-6-7-15-21(25)16-10-8-13-20-14-9-11-17-22(20)23(26)18-12-19-24(27)28/h8-11,13,16,20-23,25-26H,2-7,12,14-15,17-19H2,1H3,(H,27,28)/b13-8+,16-10+/t20-,21?,22+,23?/m1/s1. The summed E-state index contributed by atoms with van der Waals surface area (Å²) in [6.07, 6.45) is 22.3. The molecule has 1 aliphatic rings. The monoisotopic (exact) mass is 392 g/mol. The maximum absolute atomic E-state index is 10.6. The van der Waals surface area contributed by atoms with Crippen LogP contribution in [0, 0.1) is 11.8 Å². The van der Waals surface area contributed by atoms with E-state index in [0.717, 1.165) is 25.7 Å². The van der Waals surface area contributed by atoms with Gasteiger partial charge in [0.2, 0.25) is 0 Å². The van der Waals surface area contributed by atoms with Crippen LogP contribution >= 0.6 is 0 Å². The van der Waals surface area contributed by atoms with Gasteiger partial charge in [0.15, 0.2) is 0 Å². The molecule has 3 N–H and O–H groups in total. The van der Waals surface area contributed by atoms with Crippen LogP contribution in [0.4, 0.5) is 0 Å². The molecule has 0 saturated carbocycles. The summed E-state index contributed by atoms with van der Waals surface area (Å²) in [5.41, 5.74) is 0. The van der Waals surface area contributed by atoms with E-state index in [0.29, 0.717) is 12.8 Å². The topological polar surface area (TPSA) is 77.8 Å². The summed E-state index contributed by atoms with van der Waals surface area (Å²) in [5, 5.41) is 29.3. The van der Waals surface area contributed by atoms with E-state index in [2.05, 4.69) is 25.2 Å². The molecule has 28 heavy (non-hydrogen) atoms. The number of rotatable bonds is 15. The Morgan fingerprint density at radius 1 is 1.00 bits per heavy atom. The Morgan fingerprint density at radius 2 is 1.71 bits per heavy atom. The molecule has 1 rings (SSSR count). The van der Waals surface area contributed by atoms with Gasteiger partial charge in [-0.25, -0.2) is 0 Å². The van der Waals surface area contributed by atoms with Gasteiger partial charge < -0.3 is 15.3 Å². The molecule has 0 heterocycles. The molecule has 0 aliphatic heterocycles. The van der Waals surface area contributed by atoms with Gasteiger partial charge in [0, 0.05) is 6.42 Å². The summed E-state index contributed by atoms with van der Waals surface area (Å²) in [6, 6.07) is 0. The van der Waals surface area contributed by atoms with E-state index in [9.17, 15) is 15.0 Å². The smallest absolute Gasteiger partial charge is 0.303 e. The highest BCUT2D eigenvalue weighted by Crippen LogP contribution is 2.31. The Bertz CT molecular complexity index is 495. The predicted octanol–water partition coefficient (Wildman–Crippen LogP) is 5.41. The number of aliphatic carboxylic acids is 1. The first-order valence-corrected chi connectivity index (χ1v) is 11.1. The Morgan fingerprint density at radius 3 is 2.46 bits per heavy atom. The SMILES string of the molecule is CCCCCCCCC(O)/C=C/C=C/[C@@H]1CC=CC[C@@H]1C(O)CCCC(=O)O. The summed E-state index contributed by atoms with van der Waals surface area (Å²) in [4.78, 5) is 10.6. The van der Waals surface area contributed by atoms with E-state index < -0.39 is 12.1 Å². The summed E-state index contributed by atoms with van der Waals surface area (Å²) in [5.74, 6) is -0.418. The van der Waals surface area contributed by atoms with E-state index in [-0.39, 0.29) is 24.4 Å². The van der Waals surface area contributed by atoms with Crippen molar-refractivity contribution >= 4 is 5.97 Å². The second-order valence-electron chi connectivity index (χ2n) is 8.02. The molecule has 0 fully saturated rings. The van der Waals surface area contributed by atoms with Crippen molar-refractivity contribution in [3.05, 3.63) is 36.5 Å². The van der Waals surface area contributed by atoms with Gasteiger partial charge in [-0.3, -0.25) is 4.79 Å². The van der Waals surface area contributed by atoms with E-state index in [1.54, 1.807) is 0 Å². The number of hydrogen-bond donors (Lipinski definition) is 3. The van der Waals surface area contributed by atoms with Crippen molar-refractivity contribution in [1.29, 1.82) is 0 Å². The molecule has 4 nitrogen and oxygen atoms in total. The van der Waals surface area contributed by atoms with Crippen molar-refractivity contribution < 1.29 is 20.1 Å². The van der Waals surface area contributed by atoms with Crippen molar-refractivity contribution in [1.82, 2.24) is 0 Å². The molecule has 1 aliphatic carbocycles. The van der Waals surface area contributed by atoms with E-state index >= 15 is 0 Å². The molecule has 4 heteroatoms. The minimum Gasteiger partial charge on any atom is -0.481 e. The lowest BCUT2D eigenvalue weighted by atomic mass is 9.78. The molecule has 0 bridgehead atoms. The van der Waals surface area contributed by atoms with Crippen LogP contribution in [0.5, 0.6) is 0 Å². The van der Waals surface area contributed by atoms with Crippen LogP contribution < -0.4 is 0 Å². The molecule has 160 valence electrons. The Labute approximate surface area is 171 Å². The number of carboxylic acid groups (broad SMARTS) is 1. The van der Waals surface area contributed by atoms with Crippen molar-refractivity contribution in [2.45, 2.75) is 96.2 Å². The summed E-state index contributed by atoms with van der Waals surface area (Å²) in [6.45, 7) is 2.22. The van der Waals surface area contributed by atoms with Crippen LogP contribution in [0.1, 0.15) is 84.0 Å². The fraction of sp³-hybridized carbons (Fsp3) is 0.708. The number of aliphatic hydroxyl groups is 2. The Kier molecular flexibility index (Phi) is 13.7. The van der Waals surface area contributed by atoms with Gasteiger partial charge in [0.05, 0.1) is 12.2 Å². The van der Waals surface area contributed by atoms with Crippen LogP contribution in [0.25, 0.3) is 0 Å². The highest BCUT2D eigenvalue weighted by Gasteiger charge is 2.26. The third kappa shape index (κ3) is 11.5. The molecule has 0 aromatic heterocycles. The minimum atomic E-state index is -0.808. The largest absolute Gasteiger partial charge is 0.481 e. The van der Waals surface area contributed by atoms with Crippen molar-refractivity contribution in [2.24, 2.45) is 11.8 Å². The van der Waals surface area contributed by atoms with Gasteiger partial charge in [-0.05, 0) is 43.9 Å². The summed E-state index contributed by atoms with van der Waals surface area (Å²) < 4.78 is 0. The van der Waals surface area contributed by atoms with E-state index in [1.165, 1.54) is 32.1 Å².